The van der Waals surface area contributed by atoms with E-state index < -0.39 is 6.04 Å². The third-order valence-electron chi connectivity index (χ3n) is 4.07. The summed E-state index contributed by atoms with van der Waals surface area (Å²) in [6.07, 6.45) is 0. The van der Waals surface area contributed by atoms with Crippen LogP contribution in [0.1, 0.15) is 32.4 Å². The molecule has 2 aromatic rings. The highest BCUT2D eigenvalue weighted by molar-refractivity contribution is 6.35. The van der Waals surface area contributed by atoms with E-state index in [-0.39, 0.29) is 17.9 Å². The minimum Gasteiger partial charge on any atom is -0.495 e. The van der Waals surface area contributed by atoms with E-state index in [4.69, 9.17) is 27.9 Å². The van der Waals surface area contributed by atoms with Crippen molar-refractivity contribution in [3.8, 4) is 5.75 Å². The summed E-state index contributed by atoms with van der Waals surface area (Å²) in [4.78, 5) is 23.9. The van der Waals surface area contributed by atoms with Gasteiger partial charge in [-0.1, -0.05) is 29.3 Å². The largest absolute Gasteiger partial charge is 0.495 e. The van der Waals surface area contributed by atoms with Gasteiger partial charge in [0.25, 0.3) is 0 Å². The molecule has 8 heteroatoms. The molecule has 0 heterocycles. The fraction of sp³-hybridized carbons (Fsp3) is 0.300. The van der Waals surface area contributed by atoms with Crippen LogP contribution in [0.25, 0.3) is 0 Å². The number of hydrogen-bond acceptors (Lipinski definition) is 4. The molecule has 0 aliphatic carbocycles. The van der Waals surface area contributed by atoms with Crippen LogP contribution < -0.4 is 20.7 Å². The SMILES string of the molecule is COc1ccc(NC(C)=O)cc1N[C@H](C)C(=O)N[C@H](C)c1ccc(Cl)cc1Cl. The molecule has 28 heavy (non-hydrogen) atoms. The molecule has 2 atom stereocenters. The zero-order chi connectivity index (χ0) is 20.8. The number of ether oxygens (including phenoxy) is 1. The number of benzene rings is 2. The zero-order valence-corrected chi connectivity index (χ0v) is 17.6. The van der Waals surface area contributed by atoms with E-state index in [0.29, 0.717) is 27.2 Å². The molecule has 2 amide bonds. The van der Waals surface area contributed by atoms with Crippen LogP contribution in [0.15, 0.2) is 36.4 Å². The fourth-order valence-corrected chi connectivity index (χ4v) is 3.24. The van der Waals surface area contributed by atoms with Gasteiger partial charge in [0, 0.05) is 22.7 Å². The van der Waals surface area contributed by atoms with Crippen LogP contribution in [0.2, 0.25) is 10.0 Å². The van der Waals surface area contributed by atoms with E-state index >= 15 is 0 Å². The lowest BCUT2D eigenvalue weighted by atomic mass is 10.1. The molecular formula is C20H23Cl2N3O3. The van der Waals surface area contributed by atoms with Gasteiger partial charge in [-0.3, -0.25) is 9.59 Å². The number of rotatable bonds is 7. The topological polar surface area (TPSA) is 79.5 Å². The average molecular weight is 424 g/mol. The van der Waals surface area contributed by atoms with E-state index in [9.17, 15) is 9.59 Å². The number of carbonyl (C=O) groups excluding carboxylic acids is 2. The minimum atomic E-state index is -0.560. The van der Waals surface area contributed by atoms with E-state index in [1.54, 1.807) is 43.3 Å². The smallest absolute Gasteiger partial charge is 0.242 e. The molecule has 2 aromatic carbocycles. The van der Waals surface area contributed by atoms with Gasteiger partial charge in [-0.15, -0.1) is 0 Å². The summed E-state index contributed by atoms with van der Waals surface area (Å²) >= 11 is 12.1. The minimum absolute atomic E-state index is 0.185. The van der Waals surface area contributed by atoms with Crippen molar-refractivity contribution in [1.82, 2.24) is 5.32 Å². The Hall–Kier alpha value is -2.44. The van der Waals surface area contributed by atoms with Gasteiger partial charge in [0.2, 0.25) is 11.8 Å². The first-order valence-corrected chi connectivity index (χ1v) is 9.44. The van der Waals surface area contributed by atoms with Crippen molar-refractivity contribution >= 4 is 46.4 Å². The highest BCUT2D eigenvalue weighted by Crippen LogP contribution is 2.29. The van der Waals surface area contributed by atoms with Crippen LogP contribution in [0.4, 0.5) is 11.4 Å². The number of halogens is 2. The van der Waals surface area contributed by atoms with Gasteiger partial charge in [0.15, 0.2) is 0 Å². The summed E-state index contributed by atoms with van der Waals surface area (Å²) in [5.74, 6) is 0.156. The molecule has 0 aliphatic rings. The van der Waals surface area contributed by atoms with Gasteiger partial charge in [0.1, 0.15) is 11.8 Å². The van der Waals surface area contributed by atoms with Crippen molar-refractivity contribution in [3.63, 3.8) is 0 Å². The summed E-state index contributed by atoms with van der Waals surface area (Å²) in [7, 11) is 1.54. The number of methoxy groups -OCH3 is 1. The fourth-order valence-electron chi connectivity index (χ4n) is 2.67. The lowest BCUT2D eigenvalue weighted by Gasteiger charge is -2.21. The lowest BCUT2D eigenvalue weighted by Crippen LogP contribution is -2.39. The number of anilines is 2. The Labute approximate surface area is 174 Å². The van der Waals surface area contributed by atoms with Crippen LogP contribution in [0.3, 0.4) is 0 Å². The molecule has 0 aromatic heterocycles. The Bertz CT molecular complexity index is 874. The molecule has 0 radical (unpaired) electrons. The van der Waals surface area contributed by atoms with Crippen LogP contribution >= 0.6 is 23.2 Å². The third-order valence-corrected chi connectivity index (χ3v) is 4.64. The first-order valence-electron chi connectivity index (χ1n) is 8.68. The predicted molar refractivity (Wildman–Crippen MR) is 113 cm³/mol. The van der Waals surface area contributed by atoms with E-state index in [1.807, 2.05) is 6.92 Å². The van der Waals surface area contributed by atoms with Crippen LogP contribution in [-0.4, -0.2) is 25.0 Å². The van der Waals surface area contributed by atoms with Crippen molar-refractivity contribution in [2.45, 2.75) is 32.9 Å². The van der Waals surface area contributed by atoms with Crippen molar-refractivity contribution in [2.75, 3.05) is 17.7 Å². The maximum absolute atomic E-state index is 12.6. The summed E-state index contributed by atoms with van der Waals surface area (Å²) < 4.78 is 5.33. The quantitative estimate of drug-likeness (QED) is 0.605. The Morgan fingerprint density at radius 1 is 1.07 bits per heavy atom. The molecule has 2 rings (SSSR count). The van der Waals surface area contributed by atoms with Crippen LogP contribution in [0.5, 0.6) is 5.75 Å². The molecular weight excluding hydrogens is 401 g/mol. The van der Waals surface area contributed by atoms with Gasteiger partial charge in [-0.2, -0.15) is 0 Å². The summed E-state index contributed by atoms with van der Waals surface area (Å²) in [6.45, 7) is 5.00. The second-order valence-electron chi connectivity index (χ2n) is 6.36. The summed E-state index contributed by atoms with van der Waals surface area (Å²) in [5.41, 5.74) is 1.97. The van der Waals surface area contributed by atoms with Crippen molar-refractivity contribution in [1.29, 1.82) is 0 Å². The van der Waals surface area contributed by atoms with E-state index in [1.165, 1.54) is 14.0 Å². The normalized spacial score (nSPS) is 12.6. The highest BCUT2D eigenvalue weighted by Gasteiger charge is 2.19. The van der Waals surface area contributed by atoms with Gasteiger partial charge < -0.3 is 20.7 Å². The standard InChI is InChI=1S/C20H23Cl2N3O3/c1-11(16-7-5-14(21)9-17(16)22)24-20(27)12(2)23-18-10-15(25-13(3)26)6-8-19(18)28-4/h5-12,23H,1-4H3,(H,24,27)(H,25,26)/t11-,12-/m1/s1. The molecule has 0 spiro atoms. The van der Waals surface area contributed by atoms with Crippen molar-refractivity contribution < 1.29 is 14.3 Å². The number of hydrogen-bond donors (Lipinski definition) is 3. The average Bonchev–Trinajstić information content (AvgIpc) is 2.61. The maximum atomic E-state index is 12.6. The van der Waals surface area contributed by atoms with E-state index in [2.05, 4.69) is 16.0 Å². The summed E-state index contributed by atoms with van der Waals surface area (Å²) in [5, 5.41) is 9.76. The lowest BCUT2D eigenvalue weighted by molar-refractivity contribution is -0.122. The first kappa shape index (κ1) is 21.9. The molecule has 0 bridgehead atoms. The van der Waals surface area contributed by atoms with Crippen molar-refractivity contribution in [3.05, 3.63) is 52.0 Å². The maximum Gasteiger partial charge on any atom is 0.242 e. The van der Waals surface area contributed by atoms with Gasteiger partial charge in [-0.25, -0.2) is 0 Å². The second-order valence-corrected chi connectivity index (χ2v) is 7.20. The third kappa shape index (κ3) is 5.78. The Kier molecular flexibility index (Phi) is 7.54. The molecule has 0 aliphatic heterocycles. The Balaban J connectivity index is 2.10. The molecule has 3 N–H and O–H groups in total. The van der Waals surface area contributed by atoms with Crippen LogP contribution in [-0.2, 0) is 9.59 Å². The predicted octanol–water partition coefficient (Wildman–Crippen LogP) is 4.64. The van der Waals surface area contributed by atoms with Gasteiger partial charge >= 0.3 is 0 Å². The Morgan fingerprint density at radius 2 is 1.79 bits per heavy atom. The van der Waals surface area contributed by atoms with Crippen LogP contribution in [0, 0.1) is 0 Å². The van der Waals surface area contributed by atoms with Gasteiger partial charge in [-0.05, 0) is 49.7 Å². The molecule has 6 nitrogen and oxygen atoms in total. The number of carbonyl (C=O) groups is 2. The molecule has 0 saturated heterocycles. The monoisotopic (exact) mass is 423 g/mol. The van der Waals surface area contributed by atoms with Gasteiger partial charge in [0.05, 0.1) is 18.8 Å². The molecule has 0 unspecified atom stereocenters. The molecule has 150 valence electrons. The number of nitrogens with one attached hydrogen (secondary N) is 3. The molecule has 0 saturated carbocycles. The first-order chi connectivity index (χ1) is 13.2. The van der Waals surface area contributed by atoms with Crippen molar-refractivity contribution in [2.24, 2.45) is 0 Å². The van der Waals surface area contributed by atoms with E-state index in [0.717, 1.165) is 5.56 Å². The number of amides is 2. The Morgan fingerprint density at radius 3 is 2.39 bits per heavy atom. The molecule has 0 fully saturated rings. The highest BCUT2D eigenvalue weighted by atomic mass is 35.5. The summed E-state index contributed by atoms with van der Waals surface area (Å²) in [6, 6.07) is 9.45. The zero-order valence-electron chi connectivity index (χ0n) is 16.1. The second kappa shape index (κ2) is 9.66.